The summed E-state index contributed by atoms with van der Waals surface area (Å²) in [5, 5.41) is 0. The van der Waals surface area contributed by atoms with E-state index in [1.807, 2.05) is 0 Å². The summed E-state index contributed by atoms with van der Waals surface area (Å²) in [6.45, 7) is 2.17. The number of fused-ring (bicyclic) bond motifs is 1. The van der Waals surface area contributed by atoms with Gasteiger partial charge in [-0.15, -0.1) is 13.2 Å². The zero-order chi connectivity index (χ0) is 21.0. The van der Waals surface area contributed by atoms with E-state index in [4.69, 9.17) is 0 Å². The lowest BCUT2D eigenvalue weighted by atomic mass is 9.80. The summed E-state index contributed by atoms with van der Waals surface area (Å²) in [4.78, 5) is 0. The lowest BCUT2D eigenvalue weighted by Crippen LogP contribution is -2.22. The third-order valence-electron chi connectivity index (χ3n) is 5.58. The molecule has 2 aromatic rings. The zero-order valence-corrected chi connectivity index (χ0v) is 16.4. The number of halogens is 5. The third-order valence-corrected chi connectivity index (χ3v) is 5.58. The summed E-state index contributed by atoms with van der Waals surface area (Å²) >= 11 is 0. The van der Waals surface area contributed by atoms with Crippen LogP contribution in [0.1, 0.15) is 54.9 Å². The molecule has 0 saturated heterocycles. The van der Waals surface area contributed by atoms with Crippen molar-refractivity contribution < 1.29 is 26.7 Å². The van der Waals surface area contributed by atoms with E-state index in [1.54, 1.807) is 0 Å². The Hall–Kier alpha value is -2.11. The van der Waals surface area contributed by atoms with Crippen molar-refractivity contribution in [2.75, 3.05) is 0 Å². The first-order chi connectivity index (χ1) is 13.8. The van der Waals surface area contributed by atoms with E-state index in [1.165, 1.54) is 17.5 Å². The molecule has 1 aliphatic rings. The lowest BCUT2D eigenvalue weighted by molar-refractivity contribution is -0.276. The molecule has 0 amide bonds. The highest BCUT2D eigenvalue weighted by Crippen LogP contribution is 2.37. The van der Waals surface area contributed by atoms with Crippen molar-refractivity contribution in [3.8, 4) is 5.75 Å². The van der Waals surface area contributed by atoms with Crippen LogP contribution in [-0.2, 0) is 25.7 Å². The molecule has 29 heavy (non-hydrogen) atoms. The summed E-state index contributed by atoms with van der Waals surface area (Å²) in [5.74, 6) is -3.63. The summed E-state index contributed by atoms with van der Waals surface area (Å²) in [6, 6.07) is 9.54. The Morgan fingerprint density at radius 2 is 1.69 bits per heavy atom. The number of hydrogen-bond acceptors (Lipinski definition) is 1. The number of benzene rings is 2. The van der Waals surface area contributed by atoms with E-state index >= 15 is 0 Å². The van der Waals surface area contributed by atoms with Gasteiger partial charge >= 0.3 is 6.36 Å². The van der Waals surface area contributed by atoms with Gasteiger partial charge < -0.3 is 4.74 Å². The van der Waals surface area contributed by atoms with Gasteiger partial charge in [-0.2, -0.15) is 0 Å². The van der Waals surface area contributed by atoms with Gasteiger partial charge in [0.2, 0.25) is 5.75 Å². The minimum Gasteiger partial charge on any atom is -0.399 e. The maximum atomic E-state index is 14.4. The number of aryl methyl sites for hydroxylation is 2. The molecule has 158 valence electrons. The van der Waals surface area contributed by atoms with Crippen molar-refractivity contribution in [3.05, 3.63) is 64.2 Å². The van der Waals surface area contributed by atoms with Crippen LogP contribution >= 0.6 is 0 Å². The number of ether oxygens (including phenoxy) is 1. The van der Waals surface area contributed by atoms with Gasteiger partial charge in [-0.25, -0.2) is 8.78 Å². The molecule has 0 heterocycles. The Kier molecular flexibility index (Phi) is 6.81. The molecule has 0 aliphatic heterocycles. The van der Waals surface area contributed by atoms with Crippen molar-refractivity contribution in [3.63, 3.8) is 0 Å². The molecule has 1 unspecified atom stereocenters. The second kappa shape index (κ2) is 9.14. The Bertz CT molecular complexity index is 827. The van der Waals surface area contributed by atoms with E-state index < -0.39 is 23.7 Å². The van der Waals surface area contributed by atoms with Crippen LogP contribution < -0.4 is 4.74 Å². The molecular formula is C23H25F5O. The van der Waals surface area contributed by atoms with Crippen LogP contribution in [0.5, 0.6) is 5.75 Å². The molecule has 0 spiro atoms. The minimum absolute atomic E-state index is 0.141. The fraction of sp³-hybridized carbons (Fsp3) is 0.478. The highest BCUT2D eigenvalue weighted by Gasteiger charge is 2.36. The Balaban J connectivity index is 1.62. The third kappa shape index (κ3) is 5.71. The lowest BCUT2D eigenvalue weighted by Gasteiger charge is -2.26. The number of alkyl halides is 3. The maximum absolute atomic E-state index is 14.4. The van der Waals surface area contributed by atoms with Gasteiger partial charge in [0.1, 0.15) is 0 Å². The molecule has 0 fully saturated rings. The molecule has 0 saturated carbocycles. The van der Waals surface area contributed by atoms with Crippen molar-refractivity contribution >= 4 is 0 Å². The van der Waals surface area contributed by atoms with E-state index in [0.29, 0.717) is 18.4 Å². The van der Waals surface area contributed by atoms with Gasteiger partial charge in [0.05, 0.1) is 0 Å². The average Bonchev–Trinajstić information content (AvgIpc) is 2.68. The monoisotopic (exact) mass is 412 g/mol. The van der Waals surface area contributed by atoms with E-state index in [-0.39, 0.29) is 17.9 Å². The first-order valence-electron chi connectivity index (χ1n) is 10.1. The Morgan fingerprint density at radius 3 is 2.31 bits per heavy atom. The molecule has 3 rings (SSSR count). The van der Waals surface area contributed by atoms with Crippen LogP contribution in [0, 0.1) is 17.6 Å². The molecule has 2 aromatic carbocycles. The molecule has 1 aliphatic carbocycles. The van der Waals surface area contributed by atoms with Crippen LogP contribution in [0.2, 0.25) is 0 Å². The number of unbranched alkanes of at least 4 members (excludes halogenated alkanes) is 1. The largest absolute Gasteiger partial charge is 0.573 e. The van der Waals surface area contributed by atoms with Gasteiger partial charge in [0.15, 0.2) is 11.6 Å². The summed E-state index contributed by atoms with van der Waals surface area (Å²) in [7, 11) is 0. The van der Waals surface area contributed by atoms with Crippen LogP contribution in [0.25, 0.3) is 0 Å². The molecule has 6 heteroatoms. The topological polar surface area (TPSA) is 9.23 Å². The number of rotatable bonds is 7. The van der Waals surface area contributed by atoms with Crippen molar-refractivity contribution in [1.82, 2.24) is 0 Å². The predicted molar refractivity (Wildman–Crippen MR) is 102 cm³/mol. The van der Waals surface area contributed by atoms with Gasteiger partial charge in [-0.05, 0) is 79.2 Å². The van der Waals surface area contributed by atoms with Crippen LogP contribution in [-0.4, -0.2) is 6.36 Å². The first kappa shape index (κ1) is 21.6. The SMILES string of the molecule is CCCCc1ccc(CCC2CCc3c(cc(F)c(OC(F)(F)F)c3F)C2)cc1. The minimum atomic E-state index is -5.13. The normalized spacial score (nSPS) is 16.6. The van der Waals surface area contributed by atoms with Gasteiger partial charge in [-0.1, -0.05) is 37.6 Å². The fourth-order valence-electron chi connectivity index (χ4n) is 3.98. The van der Waals surface area contributed by atoms with Crippen molar-refractivity contribution in [2.24, 2.45) is 5.92 Å². The van der Waals surface area contributed by atoms with E-state index in [0.717, 1.165) is 31.7 Å². The Morgan fingerprint density at radius 1 is 1.03 bits per heavy atom. The standard InChI is InChI=1S/C23H25F5O/c1-2-3-4-15-5-7-16(8-6-15)9-10-17-11-12-19-18(13-17)14-20(24)22(21(19)25)29-23(26,27)28/h5-8,14,17H,2-4,9-13H2,1H3. The summed E-state index contributed by atoms with van der Waals surface area (Å²) in [6.07, 6.45) is 1.44. The Labute approximate surface area is 167 Å². The van der Waals surface area contributed by atoms with Gasteiger partial charge in [0.25, 0.3) is 0 Å². The molecule has 0 bridgehead atoms. The zero-order valence-electron chi connectivity index (χ0n) is 16.4. The van der Waals surface area contributed by atoms with Crippen LogP contribution in [0.3, 0.4) is 0 Å². The smallest absolute Gasteiger partial charge is 0.399 e. The summed E-state index contributed by atoms with van der Waals surface area (Å²) < 4.78 is 69.1. The first-order valence-corrected chi connectivity index (χ1v) is 10.1. The molecule has 0 aromatic heterocycles. The van der Waals surface area contributed by atoms with Crippen molar-refractivity contribution in [1.29, 1.82) is 0 Å². The average molecular weight is 412 g/mol. The molecule has 0 radical (unpaired) electrons. The van der Waals surface area contributed by atoms with E-state index in [9.17, 15) is 22.0 Å². The maximum Gasteiger partial charge on any atom is 0.573 e. The second-order valence-electron chi connectivity index (χ2n) is 7.75. The quantitative estimate of drug-likeness (QED) is 0.448. The highest BCUT2D eigenvalue weighted by atomic mass is 19.4. The predicted octanol–water partition coefficient (Wildman–Crippen LogP) is 6.94. The molecule has 1 nitrogen and oxygen atoms in total. The van der Waals surface area contributed by atoms with Crippen LogP contribution in [0.4, 0.5) is 22.0 Å². The van der Waals surface area contributed by atoms with Gasteiger partial charge in [-0.3, -0.25) is 0 Å². The fourth-order valence-corrected chi connectivity index (χ4v) is 3.98. The van der Waals surface area contributed by atoms with Crippen LogP contribution in [0.15, 0.2) is 30.3 Å². The second-order valence-corrected chi connectivity index (χ2v) is 7.75. The van der Waals surface area contributed by atoms with Crippen molar-refractivity contribution in [2.45, 2.75) is 64.7 Å². The highest BCUT2D eigenvalue weighted by molar-refractivity contribution is 5.41. The molecule has 1 atom stereocenters. The summed E-state index contributed by atoms with van der Waals surface area (Å²) in [5.41, 5.74) is 3.13. The van der Waals surface area contributed by atoms with E-state index in [2.05, 4.69) is 35.9 Å². The number of hydrogen-bond donors (Lipinski definition) is 0. The molecular weight excluding hydrogens is 387 g/mol. The molecule has 0 N–H and O–H groups in total. The van der Waals surface area contributed by atoms with Gasteiger partial charge in [0, 0.05) is 0 Å².